The molecule has 19 heavy (non-hydrogen) atoms. The lowest BCUT2D eigenvalue weighted by atomic mass is 10.0. The predicted molar refractivity (Wildman–Crippen MR) is 81.6 cm³/mol. The standard InChI is InChI=1S/C16H27N3/c1-5-14-9-13(11-17-4)10-16(18-14)19-8-6-7-15(19)12(2)3/h9-10,12,15,17H,5-8,11H2,1-4H3. The monoisotopic (exact) mass is 261 g/mol. The molecule has 1 saturated heterocycles. The van der Waals surface area contributed by atoms with Gasteiger partial charge >= 0.3 is 0 Å². The summed E-state index contributed by atoms with van der Waals surface area (Å²) >= 11 is 0. The zero-order chi connectivity index (χ0) is 13.8. The molecule has 2 rings (SSSR count). The fraction of sp³-hybridized carbons (Fsp3) is 0.688. The van der Waals surface area contributed by atoms with Crippen LogP contribution in [0.2, 0.25) is 0 Å². The summed E-state index contributed by atoms with van der Waals surface area (Å²) < 4.78 is 0. The molecule has 3 heteroatoms. The first kappa shape index (κ1) is 14.3. The van der Waals surface area contributed by atoms with E-state index in [1.165, 1.54) is 29.9 Å². The van der Waals surface area contributed by atoms with Gasteiger partial charge in [-0.15, -0.1) is 0 Å². The maximum absolute atomic E-state index is 4.85. The minimum absolute atomic E-state index is 0.655. The highest BCUT2D eigenvalue weighted by Crippen LogP contribution is 2.29. The van der Waals surface area contributed by atoms with Crippen molar-refractivity contribution in [2.24, 2.45) is 5.92 Å². The number of nitrogens with zero attached hydrogens (tertiary/aromatic N) is 2. The molecule has 0 spiro atoms. The van der Waals surface area contributed by atoms with Crippen LogP contribution >= 0.6 is 0 Å². The molecule has 1 aromatic rings. The maximum atomic E-state index is 4.85. The first-order valence-corrected chi connectivity index (χ1v) is 7.56. The topological polar surface area (TPSA) is 28.2 Å². The van der Waals surface area contributed by atoms with Crippen molar-refractivity contribution in [1.29, 1.82) is 0 Å². The summed E-state index contributed by atoms with van der Waals surface area (Å²) in [5.41, 5.74) is 2.55. The van der Waals surface area contributed by atoms with Crippen LogP contribution in [0.4, 0.5) is 5.82 Å². The Morgan fingerprint density at radius 1 is 1.42 bits per heavy atom. The highest BCUT2D eigenvalue weighted by molar-refractivity contribution is 5.45. The first-order chi connectivity index (χ1) is 9.15. The highest BCUT2D eigenvalue weighted by atomic mass is 15.2. The molecule has 106 valence electrons. The van der Waals surface area contributed by atoms with Crippen molar-refractivity contribution in [3.8, 4) is 0 Å². The Hall–Kier alpha value is -1.09. The van der Waals surface area contributed by atoms with Crippen molar-refractivity contribution in [2.75, 3.05) is 18.5 Å². The van der Waals surface area contributed by atoms with Gasteiger partial charge in [-0.2, -0.15) is 0 Å². The minimum Gasteiger partial charge on any atom is -0.353 e. The molecule has 1 unspecified atom stereocenters. The van der Waals surface area contributed by atoms with E-state index in [0.29, 0.717) is 12.0 Å². The molecule has 1 aliphatic rings. The number of rotatable bonds is 5. The van der Waals surface area contributed by atoms with E-state index in [1.807, 2.05) is 7.05 Å². The number of aromatic nitrogens is 1. The third kappa shape index (κ3) is 3.27. The van der Waals surface area contributed by atoms with Gasteiger partial charge in [-0.25, -0.2) is 4.98 Å². The highest BCUT2D eigenvalue weighted by Gasteiger charge is 2.28. The van der Waals surface area contributed by atoms with Crippen LogP contribution in [0, 0.1) is 5.92 Å². The van der Waals surface area contributed by atoms with Gasteiger partial charge in [-0.05, 0) is 49.9 Å². The van der Waals surface area contributed by atoms with Crippen LogP contribution in [-0.4, -0.2) is 24.6 Å². The molecule has 0 bridgehead atoms. The van der Waals surface area contributed by atoms with Crippen molar-refractivity contribution in [1.82, 2.24) is 10.3 Å². The molecule has 1 atom stereocenters. The average molecular weight is 261 g/mol. The maximum Gasteiger partial charge on any atom is 0.129 e. The Kier molecular flexibility index (Phi) is 4.81. The summed E-state index contributed by atoms with van der Waals surface area (Å²) in [6.45, 7) is 8.90. The summed E-state index contributed by atoms with van der Waals surface area (Å²) in [5.74, 6) is 1.88. The van der Waals surface area contributed by atoms with Crippen LogP contribution in [0.3, 0.4) is 0 Å². The average Bonchev–Trinajstić information content (AvgIpc) is 2.88. The van der Waals surface area contributed by atoms with Crippen molar-refractivity contribution in [3.05, 3.63) is 23.4 Å². The number of aryl methyl sites for hydroxylation is 1. The summed E-state index contributed by atoms with van der Waals surface area (Å²) in [5, 5.41) is 3.24. The molecule has 0 amide bonds. The molecule has 0 saturated carbocycles. The number of nitrogens with one attached hydrogen (secondary N) is 1. The Bertz CT molecular complexity index is 414. The van der Waals surface area contributed by atoms with E-state index < -0.39 is 0 Å². The van der Waals surface area contributed by atoms with Gasteiger partial charge in [-0.1, -0.05) is 20.8 Å². The van der Waals surface area contributed by atoms with E-state index >= 15 is 0 Å². The summed E-state index contributed by atoms with van der Waals surface area (Å²) in [4.78, 5) is 7.36. The van der Waals surface area contributed by atoms with E-state index in [-0.39, 0.29) is 0 Å². The van der Waals surface area contributed by atoms with Gasteiger partial charge in [0.15, 0.2) is 0 Å². The molecule has 2 heterocycles. The molecule has 0 aliphatic carbocycles. The number of hydrogen-bond donors (Lipinski definition) is 1. The van der Waals surface area contributed by atoms with Gasteiger partial charge in [0, 0.05) is 24.8 Å². The van der Waals surface area contributed by atoms with E-state index in [4.69, 9.17) is 4.98 Å². The Balaban J connectivity index is 2.29. The van der Waals surface area contributed by atoms with Gasteiger partial charge in [0.05, 0.1) is 0 Å². The molecule has 0 radical (unpaired) electrons. The van der Waals surface area contributed by atoms with Gasteiger partial charge in [0.2, 0.25) is 0 Å². The Labute approximate surface area is 117 Å². The normalized spacial score (nSPS) is 19.4. The quantitative estimate of drug-likeness (QED) is 0.883. The summed E-state index contributed by atoms with van der Waals surface area (Å²) in [6, 6.07) is 5.14. The fourth-order valence-corrected chi connectivity index (χ4v) is 3.04. The van der Waals surface area contributed by atoms with Gasteiger partial charge in [0.25, 0.3) is 0 Å². The molecule has 3 nitrogen and oxygen atoms in total. The predicted octanol–water partition coefficient (Wildman–Crippen LogP) is 2.99. The molecular formula is C16H27N3. The number of pyridine rings is 1. The SMILES string of the molecule is CCc1cc(CNC)cc(N2CCCC2C(C)C)n1. The van der Waals surface area contributed by atoms with Crippen LogP contribution in [0.1, 0.15) is 44.9 Å². The van der Waals surface area contributed by atoms with Crippen LogP contribution in [0.5, 0.6) is 0 Å². The van der Waals surface area contributed by atoms with Crippen LogP contribution in [-0.2, 0) is 13.0 Å². The van der Waals surface area contributed by atoms with Crippen molar-refractivity contribution in [3.63, 3.8) is 0 Å². The van der Waals surface area contributed by atoms with Crippen molar-refractivity contribution >= 4 is 5.82 Å². The molecule has 1 aromatic heterocycles. The van der Waals surface area contributed by atoms with Crippen molar-refractivity contribution < 1.29 is 0 Å². The van der Waals surface area contributed by atoms with Crippen molar-refractivity contribution in [2.45, 2.75) is 52.6 Å². The lowest BCUT2D eigenvalue weighted by Gasteiger charge is -2.29. The van der Waals surface area contributed by atoms with Gasteiger partial charge in [-0.3, -0.25) is 0 Å². The lowest BCUT2D eigenvalue weighted by Crippen LogP contribution is -2.34. The molecule has 1 fully saturated rings. The smallest absolute Gasteiger partial charge is 0.129 e. The van der Waals surface area contributed by atoms with E-state index in [2.05, 4.69) is 43.1 Å². The second-order valence-corrected chi connectivity index (χ2v) is 5.86. The largest absolute Gasteiger partial charge is 0.353 e. The molecule has 0 aromatic carbocycles. The second-order valence-electron chi connectivity index (χ2n) is 5.86. The Morgan fingerprint density at radius 2 is 2.21 bits per heavy atom. The van der Waals surface area contributed by atoms with Gasteiger partial charge in [0.1, 0.15) is 5.82 Å². The van der Waals surface area contributed by atoms with Crippen LogP contribution in [0.25, 0.3) is 0 Å². The number of hydrogen-bond acceptors (Lipinski definition) is 3. The molecular weight excluding hydrogens is 234 g/mol. The summed E-state index contributed by atoms with van der Waals surface area (Å²) in [7, 11) is 2.00. The zero-order valence-corrected chi connectivity index (χ0v) is 12.7. The second kappa shape index (κ2) is 6.38. The van der Waals surface area contributed by atoms with E-state index in [0.717, 1.165) is 19.5 Å². The third-order valence-corrected chi connectivity index (χ3v) is 4.03. The lowest BCUT2D eigenvalue weighted by molar-refractivity contribution is 0.489. The fourth-order valence-electron chi connectivity index (χ4n) is 3.04. The van der Waals surface area contributed by atoms with E-state index in [1.54, 1.807) is 0 Å². The molecule has 1 N–H and O–H groups in total. The van der Waals surface area contributed by atoms with E-state index in [9.17, 15) is 0 Å². The Morgan fingerprint density at radius 3 is 2.84 bits per heavy atom. The van der Waals surface area contributed by atoms with Gasteiger partial charge < -0.3 is 10.2 Å². The first-order valence-electron chi connectivity index (χ1n) is 7.56. The number of anilines is 1. The minimum atomic E-state index is 0.655. The van der Waals surface area contributed by atoms with Crippen LogP contribution < -0.4 is 10.2 Å². The summed E-state index contributed by atoms with van der Waals surface area (Å²) in [6.07, 6.45) is 3.60. The third-order valence-electron chi connectivity index (χ3n) is 4.03. The zero-order valence-electron chi connectivity index (χ0n) is 12.7. The van der Waals surface area contributed by atoms with Crippen LogP contribution in [0.15, 0.2) is 12.1 Å². The molecule has 1 aliphatic heterocycles.